The van der Waals surface area contributed by atoms with E-state index in [1.54, 1.807) is 31.5 Å². The van der Waals surface area contributed by atoms with E-state index >= 15 is 0 Å². The highest BCUT2D eigenvalue weighted by atomic mass is 16.2. The molecule has 5 nitrogen and oxygen atoms in total. The van der Waals surface area contributed by atoms with Crippen molar-refractivity contribution in [3.05, 3.63) is 30.1 Å². The minimum atomic E-state index is -0.0772. The summed E-state index contributed by atoms with van der Waals surface area (Å²) in [6.45, 7) is 4.99. The molecule has 130 valence electrons. The summed E-state index contributed by atoms with van der Waals surface area (Å²) >= 11 is 0. The molecule has 0 aromatic carbocycles. The molecule has 1 aliphatic carbocycles. The largest absolute Gasteiger partial charge is 0.338 e. The summed E-state index contributed by atoms with van der Waals surface area (Å²) in [5.41, 5.74) is 0.619. The van der Waals surface area contributed by atoms with Crippen molar-refractivity contribution < 1.29 is 9.59 Å². The van der Waals surface area contributed by atoms with E-state index < -0.39 is 0 Å². The number of likely N-dealkylation sites (N-methyl/N-ethyl adjacent to an activating group) is 1. The van der Waals surface area contributed by atoms with Crippen LogP contribution in [-0.4, -0.2) is 51.3 Å². The molecule has 0 unspecified atom stereocenters. The van der Waals surface area contributed by atoms with Crippen LogP contribution in [0.4, 0.5) is 0 Å². The quantitative estimate of drug-likeness (QED) is 0.857. The Bertz CT molecular complexity index is 596. The highest BCUT2D eigenvalue weighted by molar-refractivity contribution is 5.95. The maximum absolute atomic E-state index is 13.1. The van der Waals surface area contributed by atoms with Crippen LogP contribution in [0.5, 0.6) is 0 Å². The Hall–Kier alpha value is -1.91. The molecule has 1 aromatic heterocycles. The third-order valence-electron chi connectivity index (χ3n) is 5.72. The van der Waals surface area contributed by atoms with Crippen molar-refractivity contribution >= 4 is 11.8 Å². The number of hydrogen-bond acceptors (Lipinski definition) is 3. The molecule has 2 heterocycles. The first-order valence-electron chi connectivity index (χ1n) is 9.06. The minimum Gasteiger partial charge on any atom is -0.338 e. The molecular weight excluding hydrogens is 302 g/mol. The molecule has 5 heteroatoms. The Labute approximate surface area is 144 Å². The van der Waals surface area contributed by atoms with Crippen molar-refractivity contribution in [1.82, 2.24) is 14.8 Å². The van der Waals surface area contributed by atoms with E-state index in [0.717, 1.165) is 19.3 Å². The number of pyridine rings is 1. The summed E-state index contributed by atoms with van der Waals surface area (Å²) in [5.74, 6) is 0.188. The monoisotopic (exact) mass is 329 g/mol. The second-order valence-corrected chi connectivity index (χ2v) is 7.10. The lowest BCUT2D eigenvalue weighted by molar-refractivity contribution is -0.130. The molecule has 1 atom stereocenters. The second kappa shape index (κ2) is 6.91. The number of hydrogen-bond donors (Lipinski definition) is 0. The van der Waals surface area contributed by atoms with E-state index in [1.165, 1.54) is 19.3 Å². The van der Waals surface area contributed by atoms with E-state index in [0.29, 0.717) is 18.7 Å². The Morgan fingerprint density at radius 1 is 1.25 bits per heavy atom. The van der Waals surface area contributed by atoms with E-state index in [9.17, 15) is 9.59 Å². The third kappa shape index (κ3) is 3.04. The van der Waals surface area contributed by atoms with Gasteiger partial charge >= 0.3 is 0 Å². The van der Waals surface area contributed by atoms with Gasteiger partial charge in [-0.1, -0.05) is 19.3 Å². The first kappa shape index (κ1) is 16.9. The van der Waals surface area contributed by atoms with E-state index in [4.69, 9.17) is 0 Å². The fraction of sp³-hybridized carbons (Fsp3) is 0.632. The predicted molar refractivity (Wildman–Crippen MR) is 92.6 cm³/mol. The number of amides is 2. The molecular formula is C19H27N3O2. The van der Waals surface area contributed by atoms with Gasteiger partial charge in [0, 0.05) is 43.5 Å². The van der Waals surface area contributed by atoms with Gasteiger partial charge in [0.15, 0.2) is 0 Å². The Morgan fingerprint density at radius 2 is 1.92 bits per heavy atom. The molecule has 1 spiro atoms. The zero-order valence-corrected chi connectivity index (χ0v) is 14.7. The molecule has 0 bridgehead atoms. The van der Waals surface area contributed by atoms with Crippen LogP contribution in [0, 0.1) is 0 Å². The van der Waals surface area contributed by atoms with Crippen LogP contribution < -0.4 is 0 Å². The Balaban J connectivity index is 1.89. The van der Waals surface area contributed by atoms with Crippen LogP contribution in [0.3, 0.4) is 0 Å². The summed E-state index contributed by atoms with van der Waals surface area (Å²) in [6.07, 6.45) is 9.93. The molecule has 1 aliphatic heterocycles. The smallest absolute Gasteiger partial charge is 0.254 e. The SMILES string of the molecule is CCN(C(C)=O)[C@H]1CN(C(=O)c2ccncc2)C2(CCCCC2)C1. The summed E-state index contributed by atoms with van der Waals surface area (Å²) < 4.78 is 0. The van der Waals surface area contributed by atoms with Gasteiger partial charge in [-0.2, -0.15) is 0 Å². The van der Waals surface area contributed by atoms with Crippen LogP contribution in [0.2, 0.25) is 0 Å². The number of carbonyl (C=O) groups excluding carboxylic acids is 2. The zero-order valence-electron chi connectivity index (χ0n) is 14.7. The normalized spacial score (nSPS) is 22.6. The van der Waals surface area contributed by atoms with Crippen LogP contribution in [0.15, 0.2) is 24.5 Å². The van der Waals surface area contributed by atoms with Crippen molar-refractivity contribution in [3.8, 4) is 0 Å². The predicted octanol–water partition coefficient (Wildman–Crippen LogP) is 2.87. The molecule has 2 aliphatic rings. The van der Waals surface area contributed by atoms with Crippen molar-refractivity contribution in [2.24, 2.45) is 0 Å². The molecule has 0 N–H and O–H groups in total. The van der Waals surface area contributed by atoms with Gasteiger partial charge in [0.25, 0.3) is 5.91 Å². The summed E-state index contributed by atoms with van der Waals surface area (Å²) in [4.78, 5) is 33.1. The van der Waals surface area contributed by atoms with E-state index in [1.807, 2.05) is 11.8 Å². The summed E-state index contributed by atoms with van der Waals surface area (Å²) in [7, 11) is 0. The molecule has 1 saturated heterocycles. The van der Waals surface area contributed by atoms with Crippen LogP contribution in [-0.2, 0) is 4.79 Å². The van der Waals surface area contributed by atoms with Gasteiger partial charge in [0.2, 0.25) is 5.91 Å². The second-order valence-electron chi connectivity index (χ2n) is 7.10. The molecule has 2 amide bonds. The first-order chi connectivity index (χ1) is 11.6. The number of carbonyl (C=O) groups is 2. The molecule has 2 fully saturated rings. The van der Waals surface area contributed by atoms with Gasteiger partial charge in [-0.3, -0.25) is 14.6 Å². The Kier molecular flexibility index (Phi) is 4.88. The van der Waals surface area contributed by atoms with Crippen LogP contribution in [0.1, 0.15) is 62.7 Å². The van der Waals surface area contributed by atoms with Crippen LogP contribution in [0.25, 0.3) is 0 Å². The van der Waals surface area contributed by atoms with Gasteiger partial charge < -0.3 is 9.80 Å². The number of likely N-dealkylation sites (tertiary alicyclic amines) is 1. The van der Waals surface area contributed by atoms with Gasteiger partial charge in [0.05, 0.1) is 6.04 Å². The third-order valence-corrected chi connectivity index (χ3v) is 5.72. The zero-order chi connectivity index (χ0) is 17.2. The Morgan fingerprint density at radius 3 is 2.50 bits per heavy atom. The lowest BCUT2D eigenvalue weighted by atomic mass is 9.79. The van der Waals surface area contributed by atoms with Gasteiger partial charge in [-0.25, -0.2) is 0 Å². The summed E-state index contributed by atoms with van der Waals surface area (Å²) in [5, 5.41) is 0. The van der Waals surface area contributed by atoms with Gasteiger partial charge in [-0.05, 0) is 38.3 Å². The fourth-order valence-corrected chi connectivity index (χ4v) is 4.60. The number of nitrogens with zero attached hydrogens (tertiary/aromatic N) is 3. The molecule has 1 aromatic rings. The maximum atomic E-state index is 13.1. The maximum Gasteiger partial charge on any atom is 0.254 e. The highest BCUT2D eigenvalue weighted by Crippen LogP contribution is 2.43. The van der Waals surface area contributed by atoms with Gasteiger partial charge in [-0.15, -0.1) is 0 Å². The molecule has 1 saturated carbocycles. The van der Waals surface area contributed by atoms with Crippen LogP contribution >= 0.6 is 0 Å². The van der Waals surface area contributed by atoms with Crippen molar-refractivity contribution in [3.63, 3.8) is 0 Å². The van der Waals surface area contributed by atoms with Crippen molar-refractivity contribution in [1.29, 1.82) is 0 Å². The average molecular weight is 329 g/mol. The molecule has 3 rings (SSSR count). The number of rotatable bonds is 3. The molecule has 0 radical (unpaired) electrons. The summed E-state index contributed by atoms with van der Waals surface area (Å²) in [6, 6.07) is 3.71. The fourth-order valence-electron chi connectivity index (χ4n) is 4.60. The lowest BCUT2D eigenvalue weighted by Crippen LogP contribution is -2.48. The average Bonchev–Trinajstić information content (AvgIpc) is 2.94. The number of aromatic nitrogens is 1. The van der Waals surface area contributed by atoms with E-state index in [2.05, 4.69) is 9.88 Å². The van der Waals surface area contributed by atoms with Gasteiger partial charge in [0.1, 0.15) is 0 Å². The molecule has 24 heavy (non-hydrogen) atoms. The standard InChI is InChI=1S/C19H27N3O2/c1-3-21(15(2)23)17-13-19(9-5-4-6-10-19)22(14-17)18(24)16-7-11-20-12-8-16/h7-8,11-12,17H,3-6,9-10,13-14H2,1-2H3/t17-/m1/s1. The topological polar surface area (TPSA) is 53.5 Å². The lowest BCUT2D eigenvalue weighted by Gasteiger charge is -2.41. The van der Waals surface area contributed by atoms with Crippen molar-refractivity contribution in [2.45, 2.75) is 64.0 Å². The minimum absolute atomic E-state index is 0.0772. The first-order valence-corrected chi connectivity index (χ1v) is 9.06. The highest BCUT2D eigenvalue weighted by Gasteiger charge is 2.49. The van der Waals surface area contributed by atoms with Crippen molar-refractivity contribution in [2.75, 3.05) is 13.1 Å². The van der Waals surface area contributed by atoms with E-state index in [-0.39, 0.29) is 23.4 Å².